The van der Waals surface area contributed by atoms with Crippen molar-refractivity contribution < 1.29 is 9.53 Å². The topological polar surface area (TPSA) is 77.2 Å². The monoisotopic (exact) mass is 251 g/mol. The third-order valence-corrected chi connectivity index (χ3v) is 2.57. The minimum atomic E-state index is -0.367. The lowest BCUT2D eigenvalue weighted by Gasteiger charge is -2.19. The number of hydrogen-bond acceptors (Lipinski definition) is 5. The van der Waals surface area contributed by atoms with Crippen LogP contribution in [-0.2, 0) is 4.74 Å². The summed E-state index contributed by atoms with van der Waals surface area (Å²) in [5.74, 6) is 0.831. The lowest BCUT2D eigenvalue weighted by molar-refractivity contribution is 0.0600. The molecule has 0 fully saturated rings. The van der Waals surface area contributed by atoms with Crippen LogP contribution in [0.3, 0.4) is 0 Å². The number of ether oxygens (including phenoxy) is 1. The maximum atomic E-state index is 11.4. The molecular weight excluding hydrogens is 230 g/mol. The minimum absolute atomic E-state index is 0.158. The zero-order chi connectivity index (χ0) is 13.5. The Morgan fingerprint density at radius 2 is 2.28 bits per heavy atom. The van der Waals surface area contributed by atoms with Gasteiger partial charge in [0, 0.05) is 18.8 Å². The Bertz CT molecular complexity index is 394. The first-order chi connectivity index (χ1) is 8.56. The van der Waals surface area contributed by atoms with Gasteiger partial charge in [-0.15, -0.1) is 0 Å². The van der Waals surface area contributed by atoms with Crippen LogP contribution in [0.4, 0.5) is 5.82 Å². The minimum Gasteiger partial charge on any atom is -0.465 e. The average molecular weight is 251 g/mol. The Morgan fingerprint density at radius 1 is 1.56 bits per heavy atom. The van der Waals surface area contributed by atoms with Gasteiger partial charge in [0.05, 0.1) is 12.7 Å². The van der Waals surface area contributed by atoms with Gasteiger partial charge in [-0.05, 0) is 24.5 Å². The van der Waals surface area contributed by atoms with Crippen LogP contribution in [-0.4, -0.2) is 30.6 Å². The number of pyridine rings is 1. The van der Waals surface area contributed by atoms with Crippen molar-refractivity contribution in [2.75, 3.05) is 19.0 Å². The second-order valence-corrected chi connectivity index (χ2v) is 4.63. The molecule has 1 aromatic heterocycles. The zero-order valence-electron chi connectivity index (χ0n) is 11.1. The van der Waals surface area contributed by atoms with Crippen molar-refractivity contribution in [2.24, 2.45) is 11.7 Å². The first-order valence-corrected chi connectivity index (χ1v) is 6.07. The summed E-state index contributed by atoms with van der Waals surface area (Å²) >= 11 is 0. The molecule has 5 nitrogen and oxygen atoms in total. The van der Waals surface area contributed by atoms with Crippen LogP contribution in [0.1, 0.15) is 30.6 Å². The smallest absolute Gasteiger partial charge is 0.338 e. The van der Waals surface area contributed by atoms with Crippen LogP contribution in [0.15, 0.2) is 18.3 Å². The molecule has 100 valence electrons. The van der Waals surface area contributed by atoms with Crippen molar-refractivity contribution in [2.45, 2.75) is 26.3 Å². The fraction of sp³-hybridized carbons (Fsp3) is 0.538. The van der Waals surface area contributed by atoms with Gasteiger partial charge in [0.1, 0.15) is 5.82 Å². The fourth-order valence-electron chi connectivity index (χ4n) is 1.75. The molecule has 5 heteroatoms. The number of esters is 1. The van der Waals surface area contributed by atoms with Gasteiger partial charge < -0.3 is 15.8 Å². The lowest BCUT2D eigenvalue weighted by Crippen LogP contribution is -2.30. The third-order valence-electron chi connectivity index (χ3n) is 2.57. The first-order valence-electron chi connectivity index (χ1n) is 6.07. The molecular formula is C13H21N3O2. The molecule has 1 atom stereocenters. The standard InChI is InChI=1S/C13H21N3O2/c1-9(2)6-11(8-14)16-12-7-10(4-5-15-12)13(17)18-3/h4-5,7,9,11H,6,8,14H2,1-3H3,(H,15,16). The van der Waals surface area contributed by atoms with E-state index in [9.17, 15) is 4.79 Å². The molecule has 0 amide bonds. The summed E-state index contributed by atoms with van der Waals surface area (Å²) in [5.41, 5.74) is 6.19. The molecule has 0 radical (unpaired) electrons. The van der Waals surface area contributed by atoms with E-state index in [1.807, 2.05) is 0 Å². The molecule has 0 saturated heterocycles. The number of carbonyl (C=O) groups is 1. The van der Waals surface area contributed by atoms with E-state index in [4.69, 9.17) is 5.73 Å². The first kappa shape index (κ1) is 14.4. The van der Waals surface area contributed by atoms with Gasteiger partial charge in [-0.25, -0.2) is 9.78 Å². The summed E-state index contributed by atoms with van der Waals surface area (Å²) in [5, 5.41) is 3.24. The van der Waals surface area contributed by atoms with Crippen LogP contribution < -0.4 is 11.1 Å². The summed E-state index contributed by atoms with van der Waals surface area (Å²) < 4.78 is 4.67. The van der Waals surface area contributed by atoms with Gasteiger partial charge in [-0.2, -0.15) is 0 Å². The predicted molar refractivity (Wildman–Crippen MR) is 71.5 cm³/mol. The molecule has 1 heterocycles. The van der Waals surface area contributed by atoms with Crippen molar-refractivity contribution in [3.63, 3.8) is 0 Å². The van der Waals surface area contributed by atoms with Gasteiger partial charge in [0.15, 0.2) is 0 Å². The number of anilines is 1. The molecule has 18 heavy (non-hydrogen) atoms. The highest BCUT2D eigenvalue weighted by atomic mass is 16.5. The lowest BCUT2D eigenvalue weighted by atomic mass is 10.0. The Hall–Kier alpha value is -1.62. The fourth-order valence-corrected chi connectivity index (χ4v) is 1.75. The maximum Gasteiger partial charge on any atom is 0.338 e. The Labute approximate surface area is 108 Å². The van der Waals surface area contributed by atoms with Crippen molar-refractivity contribution in [3.05, 3.63) is 23.9 Å². The summed E-state index contributed by atoms with van der Waals surface area (Å²) in [6, 6.07) is 3.46. The van der Waals surface area contributed by atoms with Gasteiger partial charge in [-0.3, -0.25) is 0 Å². The van der Waals surface area contributed by atoms with Crippen LogP contribution in [0, 0.1) is 5.92 Å². The number of aromatic nitrogens is 1. The molecule has 0 aromatic carbocycles. The molecule has 0 aliphatic rings. The summed E-state index contributed by atoms with van der Waals surface area (Å²) in [6.07, 6.45) is 2.54. The molecule has 1 unspecified atom stereocenters. The van der Waals surface area contributed by atoms with E-state index in [0.29, 0.717) is 23.8 Å². The van der Waals surface area contributed by atoms with E-state index in [1.54, 1.807) is 18.3 Å². The number of hydrogen-bond donors (Lipinski definition) is 2. The highest BCUT2D eigenvalue weighted by Gasteiger charge is 2.11. The van der Waals surface area contributed by atoms with Crippen molar-refractivity contribution >= 4 is 11.8 Å². The predicted octanol–water partition coefficient (Wildman–Crippen LogP) is 1.65. The van der Waals surface area contributed by atoms with E-state index in [-0.39, 0.29) is 12.0 Å². The molecule has 0 saturated carbocycles. The summed E-state index contributed by atoms with van der Waals surface area (Å²) in [6.45, 7) is 4.81. The Morgan fingerprint density at radius 3 is 2.83 bits per heavy atom. The largest absolute Gasteiger partial charge is 0.465 e. The number of nitrogens with two attached hydrogens (primary N) is 1. The van der Waals surface area contributed by atoms with Gasteiger partial charge >= 0.3 is 5.97 Å². The molecule has 1 aromatic rings. The van der Waals surface area contributed by atoms with E-state index >= 15 is 0 Å². The molecule has 1 rings (SSSR count). The van der Waals surface area contributed by atoms with Crippen molar-refractivity contribution in [3.8, 4) is 0 Å². The quantitative estimate of drug-likeness (QED) is 0.752. The van der Waals surface area contributed by atoms with Gasteiger partial charge in [-0.1, -0.05) is 13.8 Å². The van der Waals surface area contributed by atoms with Crippen LogP contribution in [0.2, 0.25) is 0 Å². The summed E-state index contributed by atoms with van der Waals surface area (Å²) in [7, 11) is 1.36. The maximum absolute atomic E-state index is 11.4. The van der Waals surface area contributed by atoms with Crippen LogP contribution in [0.5, 0.6) is 0 Å². The Balaban J connectivity index is 2.74. The van der Waals surface area contributed by atoms with E-state index < -0.39 is 0 Å². The van der Waals surface area contributed by atoms with Crippen LogP contribution >= 0.6 is 0 Å². The highest BCUT2D eigenvalue weighted by molar-refractivity contribution is 5.89. The van der Waals surface area contributed by atoms with Crippen molar-refractivity contribution in [1.82, 2.24) is 4.98 Å². The molecule has 0 bridgehead atoms. The number of rotatable bonds is 6. The normalized spacial score (nSPS) is 12.3. The SMILES string of the molecule is COC(=O)c1ccnc(NC(CN)CC(C)C)c1. The summed E-state index contributed by atoms with van der Waals surface area (Å²) in [4.78, 5) is 15.6. The second-order valence-electron chi connectivity index (χ2n) is 4.63. The molecule has 0 aliphatic heterocycles. The third kappa shape index (κ3) is 4.33. The second kappa shape index (κ2) is 6.96. The van der Waals surface area contributed by atoms with E-state index in [2.05, 4.69) is 28.9 Å². The van der Waals surface area contributed by atoms with Gasteiger partial charge in [0.25, 0.3) is 0 Å². The Kier molecular flexibility index (Phi) is 5.58. The molecule has 3 N–H and O–H groups in total. The zero-order valence-corrected chi connectivity index (χ0v) is 11.1. The molecule has 0 spiro atoms. The number of carbonyl (C=O) groups excluding carboxylic acids is 1. The van der Waals surface area contributed by atoms with E-state index in [0.717, 1.165) is 6.42 Å². The molecule has 0 aliphatic carbocycles. The van der Waals surface area contributed by atoms with Gasteiger partial charge in [0.2, 0.25) is 0 Å². The number of nitrogens with zero attached hydrogens (tertiary/aromatic N) is 1. The number of nitrogens with one attached hydrogen (secondary N) is 1. The average Bonchev–Trinajstić information content (AvgIpc) is 2.36. The highest BCUT2D eigenvalue weighted by Crippen LogP contribution is 2.12. The van der Waals surface area contributed by atoms with Crippen LogP contribution in [0.25, 0.3) is 0 Å². The number of methoxy groups -OCH3 is 1. The van der Waals surface area contributed by atoms with Crippen molar-refractivity contribution in [1.29, 1.82) is 0 Å². The van der Waals surface area contributed by atoms with E-state index in [1.165, 1.54) is 7.11 Å².